The van der Waals surface area contributed by atoms with Crippen LogP contribution in [-0.2, 0) is 16.2 Å². The third-order valence-corrected chi connectivity index (χ3v) is 5.13. The fraction of sp³-hybridized carbons (Fsp3) is 0.0714. The van der Waals surface area contributed by atoms with Gasteiger partial charge in [0.15, 0.2) is 0 Å². The zero-order chi connectivity index (χ0) is 19.0. The third-order valence-electron chi connectivity index (χ3n) is 2.97. The van der Waals surface area contributed by atoms with Gasteiger partial charge in [-0.1, -0.05) is 29.3 Å². The number of carbonyl (C=O) groups excluding carboxylic acids is 1. The number of anilines is 1. The van der Waals surface area contributed by atoms with Crippen LogP contribution in [0, 0.1) is 0 Å². The second-order valence-electron chi connectivity index (χ2n) is 4.73. The molecule has 0 radical (unpaired) electrons. The Morgan fingerprint density at radius 1 is 1.08 bits per heavy atom. The van der Waals surface area contributed by atoms with Crippen molar-refractivity contribution in [2.24, 2.45) is 0 Å². The first-order chi connectivity index (χ1) is 11.4. The van der Waals surface area contributed by atoms with Crippen molar-refractivity contribution >= 4 is 44.9 Å². The monoisotopic (exact) mass is 412 g/mol. The number of hydrogen-bond acceptors (Lipinski definition) is 4. The van der Waals surface area contributed by atoms with Crippen molar-refractivity contribution in [3.63, 3.8) is 0 Å². The average molecular weight is 413 g/mol. The molecule has 0 amide bonds. The molecular formula is C14H7Cl2F3NO4S-. The second kappa shape index (κ2) is 6.74. The first-order valence-electron chi connectivity index (χ1n) is 6.32. The predicted octanol–water partition coefficient (Wildman–Crippen LogP) is 3.18. The molecule has 2 aromatic carbocycles. The van der Waals surface area contributed by atoms with E-state index in [4.69, 9.17) is 23.2 Å². The van der Waals surface area contributed by atoms with E-state index in [-0.39, 0.29) is 10.7 Å². The molecule has 0 spiro atoms. The van der Waals surface area contributed by atoms with Gasteiger partial charge in [-0.25, -0.2) is 8.42 Å². The van der Waals surface area contributed by atoms with Crippen LogP contribution in [0.1, 0.15) is 15.9 Å². The van der Waals surface area contributed by atoms with Crippen LogP contribution in [0.3, 0.4) is 0 Å². The highest BCUT2D eigenvalue weighted by atomic mass is 35.5. The van der Waals surface area contributed by atoms with Gasteiger partial charge in [-0.15, -0.1) is 0 Å². The summed E-state index contributed by atoms with van der Waals surface area (Å²) in [5.74, 6) is -1.74. The van der Waals surface area contributed by atoms with E-state index < -0.39 is 43.2 Å². The highest BCUT2D eigenvalue weighted by molar-refractivity contribution is 7.92. The van der Waals surface area contributed by atoms with Crippen molar-refractivity contribution in [1.82, 2.24) is 0 Å². The normalized spacial score (nSPS) is 12.0. The summed E-state index contributed by atoms with van der Waals surface area (Å²) in [5.41, 5.74) is -2.07. The number of carboxylic acids is 1. The predicted molar refractivity (Wildman–Crippen MR) is 83.0 cm³/mol. The molecule has 11 heteroatoms. The molecule has 134 valence electrons. The molecule has 0 aliphatic rings. The Labute approximate surface area is 150 Å². The lowest BCUT2D eigenvalue weighted by atomic mass is 10.2. The average Bonchev–Trinajstić information content (AvgIpc) is 2.45. The molecule has 25 heavy (non-hydrogen) atoms. The Morgan fingerprint density at radius 2 is 1.72 bits per heavy atom. The number of carboxylic acid groups (broad SMARTS) is 1. The topological polar surface area (TPSA) is 86.3 Å². The van der Waals surface area contributed by atoms with Crippen LogP contribution in [0.5, 0.6) is 0 Å². The number of carbonyl (C=O) groups is 1. The summed E-state index contributed by atoms with van der Waals surface area (Å²) >= 11 is 11.4. The number of aromatic carboxylic acids is 1. The maximum atomic E-state index is 12.7. The lowest BCUT2D eigenvalue weighted by Gasteiger charge is -2.14. The molecule has 0 fully saturated rings. The first-order valence-corrected chi connectivity index (χ1v) is 8.56. The molecule has 0 aliphatic carbocycles. The summed E-state index contributed by atoms with van der Waals surface area (Å²) in [5, 5.41) is 10.2. The lowest BCUT2D eigenvalue weighted by Crippen LogP contribution is -2.23. The molecule has 2 aromatic rings. The number of nitrogens with one attached hydrogen (secondary N) is 1. The van der Waals surface area contributed by atoms with Gasteiger partial charge in [-0.3, -0.25) is 4.72 Å². The van der Waals surface area contributed by atoms with Gasteiger partial charge in [0.1, 0.15) is 4.90 Å². The molecule has 2 rings (SSSR count). The zero-order valence-corrected chi connectivity index (χ0v) is 14.2. The van der Waals surface area contributed by atoms with Gasteiger partial charge < -0.3 is 9.90 Å². The molecule has 0 bridgehead atoms. The fourth-order valence-electron chi connectivity index (χ4n) is 1.86. The first kappa shape index (κ1) is 19.4. The SMILES string of the molecule is O=C([O-])c1cc(S(=O)(=O)Nc2cccc(C(F)(F)F)c2)c(Cl)cc1Cl. The number of benzene rings is 2. The summed E-state index contributed by atoms with van der Waals surface area (Å²) < 4.78 is 64.6. The molecular weight excluding hydrogens is 406 g/mol. The van der Waals surface area contributed by atoms with Crippen LogP contribution >= 0.6 is 23.2 Å². The van der Waals surface area contributed by atoms with Crippen LogP contribution in [-0.4, -0.2) is 14.4 Å². The van der Waals surface area contributed by atoms with Gasteiger partial charge >= 0.3 is 6.18 Å². The van der Waals surface area contributed by atoms with E-state index >= 15 is 0 Å². The third kappa shape index (κ3) is 4.36. The largest absolute Gasteiger partial charge is 0.545 e. The Hall–Kier alpha value is -1.97. The van der Waals surface area contributed by atoms with Gasteiger partial charge in [0, 0.05) is 11.3 Å². The number of hydrogen-bond donors (Lipinski definition) is 1. The Balaban J connectivity index is 2.47. The maximum Gasteiger partial charge on any atom is 0.416 e. The number of sulfonamides is 1. The lowest BCUT2D eigenvalue weighted by molar-refractivity contribution is -0.255. The Kier molecular flexibility index (Phi) is 5.22. The van der Waals surface area contributed by atoms with Crippen LogP contribution in [0.4, 0.5) is 18.9 Å². The van der Waals surface area contributed by atoms with E-state index in [2.05, 4.69) is 0 Å². The summed E-state index contributed by atoms with van der Waals surface area (Å²) in [6, 6.07) is 5.00. The van der Waals surface area contributed by atoms with Crippen LogP contribution in [0.15, 0.2) is 41.3 Å². The van der Waals surface area contributed by atoms with Crippen molar-refractivity contribution in [2.75, 3.05) is 4.72 Å². The van der Waals surface area contributed by atoms with E-state index in [1.54, 1.807) is 0 Å². The molecule has 1 N–H and O–H groups in total. The molecule has 0 saturated carbocycles. The zero-order valence-electron chi connectivity index (χ0n) is 11.9. The van der Waals surface area contributed by atoms with Crippen LogP contribution in [0.25, 0.3) is 0 Å². The van der Waals surface area contributed by atoms with Crippen molar-refractivity contribution in [3.05, 3.63) is 57.6 Å². The Bertz CT molecular complexity index is 946. The highest BCUT2D eigenvalue weighted by Crippen LogP contribution is 2.33. The highest BCUT2D eigenvalue weighted by Gasteiger charge is 2.31. The number of alkyl halides is 3. The quantitative estimate of drug-likeness (QED) is 0.835. The van der Waals surface area contributed by atoms with Gasteiger partial charge in [-0.05, 0) is 30.3 Å². The standard InChI is InChI=1S/C14H8Cl2F3NO4S/c15-10-6-11(16)12(5-9(10)13(21)22)25(23,24)20-8-3-1-2-7(4-8)14(17,18)19/h1-6,20H,(H,21,22)/p-1. The molecule has 0 heterocycles. The van der Waals surface area contributed by atoms with E-state index in [9.17, 15) is 31.5 Å². The summed E-state index contributed by atoms with van der Waals surface area (Å²) in [4.78, 5) is 10.3. The van der Waals surface area contributed by atoms with Gasteiger partial charge in [0.25, 0.3) is 10.0 Å². The fourth-order valence-corrected chi connectivity index (χ4v) is 3.76. The molecule has 0 aliphatic heterocycles. The minimum absolute atomic E-state index is 0.344. The summed E-state index contributed by atoms with van der Waals surface area (Å²) in [6.45, 7) is 0. The molecule has 0 unspecified atom stereocenters. The van der Waals surface area contributed by atoms with E-state index in [1.165, 1.54) is 0 Å². The van der Waals surface area contributed by atoms with Crippen molar-refractivity contribution in [1.29, 1.82) is 0 Å². The summed E-state index contributed by atoms with van der Waals surface area (Å²) in [6.07, 6.45) is -4.67. The van der Waals surface area contributed by atoms with E-state index in [0.717, 1.165) is 24.3 Å². The van der Waals surface area contributed by atoms with Crippen molar-refractivity contribution in [2.45, 2.75) is 11.1 Å². The van der Waals surface area contributed by atoms with Gasteiger partial charge in [-0.2, -0.15) is 13.2 Å². The minimum Gasteiger partial charge on any atom is -0.545 e. The number of halogens is 5. The van der Waals surface area contributed by atoms with Crippen molar-refractivity contribution in [3.8, 4) is 0 Å². The maximum absolute atomic E-state index is 12.7. The number of rotatable bonds is 4. The van der Waals surface area contributed by atoms with Gasteiger partial charge in [0.05, 0.1) is 21.6 Å². The van der Waals surface area contributed by atoms with Crippen LogP contribution in [0.2, 0.25) is 10.0 Å². The molecule has 0 aromatic heterocycles. The minimum atomic E-state index is -4.67. The smallest absolute Gasteiger partial charge is 0.416 e. The summed E-state index contributed by atoms with van der Waals surface area (Å²) in [7, 11) is -4.48. The van der Waals surface area contributed by atoms with E-state index in [1.807, 2.05) is 4.72 Å². The van der Waals surface area contributed by atoms with Crippen molar-refractivity contribution < 1.29 is 31.5 Å². The van der Waals surface area contributed by atoms with Crippen LogP contribution < -0.4 is 9.83 Å². The Morgan fingerprint density at radius 3 is 2.28 bits per heavy atom. The molecule has 5 nitrogen and oxygen atoms in total. The molecule has 0 saturated heterocycles. The van der Waals surface area contributed by atoms with Gasteiger partial charge in [0.2, 0.25) is 0 Å². The molecule has 0 atom stereocenters. The van der Waals surface area contributed by atoms with E-state index in [0.29, 0.717) is 12.1 Å². The second-order valence-corrected chi connectivity index (χ2v) is 7.20.